The molecule has 1 aromatic rings. The number of nitrogens with one attached hydrogen (secondary N) is 2. The number of aliphatic imine (C=N–C) groups is 1. The summed E-state index contributed by atoms with van der Waals surface area (Å²) in [4.78, 5) is 4.27. The molecular formula is C9H17N5O. The van der Waals surface area contributed by atoms with E-state index in [0.717, 1.165) is 23.6 Å². The van der Waals surface area contributed by atoms with E-state index < -0.39 is 0 Å². The topological polar surface area (TPSA) is 88.5 Å². The first-order valence-corrected chi connectivity index (χ1v) is 4.85. The van der Waals surface area contributed by atoms with E-state index in [1.807, 2.05) is 20.8 Å². The molecule has 0 bridgehead atoms. The molecule has 0 aliphatic rings. The first-order valence-electron chi connectivity index (χ1n) is 4.85. The van der Waals surface area contributed by atoms with Gasteiger partial charge in [-0.25, -0.2) is 10.8 Å². The normalized spacial score (nSPS) is 11.6. The van der Waals surface area contributed by atoms with Crippen molar-refractivity contribution in [1.29, 1.82) is 0 Å². The smallest absolute Gasteiger partial charge is 0.206 e. The van der Waals surface area contributed by atoms with Gasteiger partial charge in [0.05, 0.1) is 12.2 Å². The Labute approximate surface area is 88.9 Å². The van der Waals surface area contributed by atoms with Crippen LogP contribution < -0.4 is 16.6 Å². The Bertz CT molecular complexity index is 325. The lowest BCUT2D eigenvalue weighted by atomic mass is 10.2. The number of guanidine groups is 1. The van der Waals surface area contributed by atoms with Crippen LogP contribution in [0.3, 0.4) is 0 Å². The van der Waals surface area contributed by atoms with Crippen LogP contribution in [0.1, 0.15) is 23.9 Å². The molecule has 1 heterocycles. The zero-order valence-electron chi connectivity index (χ0n) is 9.29. The Hall–Kier alpha value is -1.56. The van der Waals surface area contributed by atoms with Gasteiger partial charge in [-0.05, 0) is 20.8 Å². The maximum absolute atomic E-state index is 5.29. The Kier molecular flexibility index (Phi) is 4.11. The average molecular weight is 211 g/mol. The zero-order chi connectivity index (χ0) is 11.3. The highest BCUT2D eigenvalue weighted by Crippen LogP contribution is 2.12. The molecule has 15 heavy (non-hydrogen) atoms. The number of rotatable bonds is 3. The van der Waals surface area contributed by atoms with Crippen LogP contribution in [0.2, 0.25) is 0 Å². The third-order valence-electron chi connectivity index (χ3n) is 2.06. The van der Waals surface area contributed by atoms with Crippen LogP contribution >= 0.6 is 0 Å². The highest BCUT2D eigenvalue weighted by Gasteiger charge is 2.07. The molecule has 0 aromatic carbocycles. The molecule has 0 atom stereocenters. The van der Waals surface area contributed by atoms with E-state index in [1.165, 1.54) is 0 Å². The van der Waals surface area contributed by atoms with Gasteiger partial charge in [0.15, 0.2) is 0 Å². The molecule has 0 fully saturated rings. The highest BCUT2D eigenvalue weighted by atomic mass is 16.5. The number of hydrazine groups is 1. The number of aromatic nitrogens is 1. The van der Waals surface area contributed by atoms with Crippen LogP contribution in [0.5, 0.6) is 0 Å². The molecule has 0 spiro atoms. The molecule has 6 nitrogen and oxygen atoms in total. The molecule has 0 unspecified atom stereocenters. The van der Waals surface area contributed by atoms with Crippen LogP contribution in [0.15, 0.2) is 9.52 Å². The van der Waals surface area contributed by atoms with E-state index in [1.54, 1.807) is 0 Å². The van der Waals surface area contributed by atoms with Gasteiger partial charge in [0.2, 0.25) is 5.96 Å². The Morgan fingerprint density at radius 3 is 2.73 bits per heavy atom. The third kappa shape index (κ3) is 2.95. The fraction of sp³-hybridized carbons (Fsp3) is 0.556. The minimum Gasteiger partial charge on any atom is -0.361 e. The van der Waals surface area contributed by atoms with Crippen molar-refractivity contribution in [3.8, 4) is 0 Å². The second-order valence-electron chi connectivity index (χ2n) is 3.14. The lowest BCUT2D eigenvalue weighted by Gasteiger charge is -2.05. The van der Waals surface area contributed by atoms with E-state index in [4.69, 9.17) is 10.4 Å². The first kappa shape index (κ1) is 11.5. The maximum atomic E-state index is 5.29. The predicted molar refractivity (Wildman–Crippen MR) is 58.1 cm³/mol. The molecular weight excluding hydrogens is 194 g/mol. The van der Waals surface area contributed by atoms with Crippen molar-refractivity contribution >= 4 is 5.96 Å². The molecule has 0 amide bonds. The number of hydrogen-bond donors (Lipinski definition) is 3. The highest BCUT2D eigenvalue weighted by molar-refractivity contribution is 5.79. The van der Waals surface area contributed by atoms with Crippen molar-refractivity contribution in [1.82, 2.24) is 15.9 Å². The van der Waals surface area contributed by atoms with Crippen LogP contribution in [-0.4, -0.2) is 17.7 Å². The zero-order valence-corrected chi connectivity index (χ0v) is 9.29. The quantitative estimate of drug-likeness (QED) is 0.288. The van der Waals surface area contributed by atoms with E-state index in [9.17, 15) is 0 Å². The van der Waals surface area contributed by atoms with Gasteiger partial charge in [0, 0.05) is 12.1 Å². The molecule has 6 heteroatoms. The van der Waals surface area contributed by atoms with Gasteiger partial charge in [-0.15, -0.1) is 0 Å². The predicted octanol–water partition coefficient (Wildman–Crippen LogP) is 0.220. The van der Waals surface area contributed by atoms with Gasteiger partial charge in [0.1, 0.15) is 5.76 Å². The fourth-order valence-corrected chi connectivity index (χ4v) is 1.21. The van der Waals surface area contributed by atoms with Crippen molar-refractivity contribution in [3.05, 3.63) is 17.0 Å². The van der Waals surface area contributed by atoms with E-state index in [0.29, 0.717) is 12.5 Å². The minimum absolute atomic E-state index is 0.508. The molecule has 0 aliphatic carbocycles. The average Bonchev–Trinajstić information content (AvgIpc) is 2.54. The molecule has 1 rings (SSSR count). The van der Waals surface area contributed by atoms with Crippen molar-refractivity contribution in [2.45, 2.75) is 27.3 Å². The van der Waals surface area contributed by atoms with Crippen molar-refractivity contribution in [2.75, 3.05) is 6.54 Å². The molecule has 0 saturated heterocycles. The summed E-state index contributed by atoms with van der Waals surface area (Å²) in [6.07, 6.45) is 0. The van der Waals surface area contributed by atoms with Crippen molar-refractivity contribution in [3.63, 3.8) is 0 Å². The molecule has 0 saturated carbocycles. The number of aryl methyl sites for hydroxylation is 2. The molecule has 0 aliphatic heterocycles. The summed E-state index contributed by atoms with van der Waals surface area (Å²) in [5.74, 6) is 6.65. The summed E-state index contributed by atoms with van der Waals surface area (Å²) in [6.45, 7) is 7.01. The Balaban J connectivity index is 2.69. The summed E-state index contributed by atoms with van der Waals surface area (Å²) >= 11 is 0. The van der Waals surface area contributed by atoms with Crippen LogP contribution in [0, 0.1) is 13.8 Å². The molecule has 0 radical (unpaired) electrons. The summed E-state index contributed by atoms with van der Waals surface area (Å²) < 4.78 is 5.03. The number of hydrogen-bond acceptors (Lipinski definition) is 4. The Morgan fingerprint density at radius 1 is 1.53 bits per heavy atom. The molecule has 4 N–H and O–H groups in total. The second-order valence-corrected chi connectivity index (χ2v) is 3.14. The summed E-state index contributed by atoms with van der Waals surface area (Å²) in [7, 11) is 0. The van der Waals surface area contributed by atoms with Crippen molar-refractivity contribution < 1.29 is 4.52 Å². The first-order chi connectivity index (χ1) is 7.19. The number of nitrogens with zero attached hydrogens (tertiary/aromatic N) is 2. The van der Waals surface area contributed by atoms with Crippen LogP contribution in [-0.2, 0) is 6.54 Å². The summed E-state index contributed by atoms with van der Waals surface area (Å²) in [5, 5.41) is 6.85. The SMILES string of the molecule is CCNC(=NCc1c(C)noc1C)NN. The van der Waals surface area contributed by atoms with Gasteiger partial charge in [-0.1, -0.05) is 5.16 Å². The van der Waals surface area contributed by atoms with Gasteiger partial charge in [-0.2, -0.15) is 0 Å². The lowest BCUT2D eigenvalue weighted by Crippen LogP contribution is -2.41. The van der Waals surface area contributed by atoms with Gasteiger partial charge < -0.3 is 9.84 Å². The van der Waals surface area contributed by atoms with E-state index in [2.05, 4.69) is 20.9 Å². The summed E-state index contributed by atoms with van der Waals surface area (Å²) in [5.41, 5.74) is 4.36. The van der Waals surface area contributed by atoms with E-state index in [-0.39, 0.29) is 0 Å². The van der Waals surface area contributed by atoms with Crippen molar-refractivity contribution in [2.24, 2.45) is 10.8 Å². The number of nitrogens with two attached hydrogens (primary N) is 1. The second kappa shape index (κ2) is 5.35. The Morgan fingerprint density at radius 2 is 2.27 bits per heavy atom. The lowest BCUT2D eigenvalue weighted by molar-refractivity contribution is 0.392. The molecule has 84 valence electrons. The van der Waals surface area contributed by atoms with Gasteiger partial charge in [-0.3, -0.25) is 5.43 Å². The fourth-order valence-electron chi connectivity index (χ4n) is 1.21. The standard InChI is InChI=1S/C9H17N5O/c1-4-11-9(13-10)12-5-8-6(2)14-15-7(8)3/h4-5,10H2,1-3H3,(H2,11,12,13). The van der Waals surface area contributed by atoms with Gasteiger partial charge in [0.25, 0.3) is 0 Å². The maximum Gasteiger partial charge on any atom is 0.206 e. The summed E-state index contributed by atoms with van der Waals surface area (Å²) in [6, 6.07) is 0. The van der Waals surface area contributed by atoms with Gasteiger partial charge >= 0.3 is 0 Å². The largest absolute Gasteiger partial charge is 0.361 e. The molecule has 1 aromatic heterocycles. The monoisotopic (exact) mass is 211 g/mol. The third-order valence-corrected chi connectivity index (χ3v) is 2.06. The van der Waals surface area contributed by atoms with Crippen LogP contribution in [0.4, 0.5) is 0 Å². The minimum atomic E-state index is 0.508. The van der Waals surface area contributed by atoms with Crippen LogP contribution in [0.25, 0.3) is 0 Å². The van der Waals surface area contributed by atoms with E-state index >= 15 is 0 Å².